The molecule has 0 spiro atoms. The van der Waals surface area contributed by atoms with Crippen molar-refractivity contribution in [3.05, 3.63) is 35.6 Å². The predicted molar refractivity (Wildman–Crippen MR) is 82.4 cm³/mol. The molecule has 0 bridgehead atoms. The van der Waals surface area contributed by atoms with Crippen LogP contribution in [-0.2, 0) is 6.42 Å². The highest BCUT2D eigenvalue weighted by atomic mass is 32.2. The molecule has 0 fully saturated rings. The quantitative estimate of drug-likeness (QED) is 0.621. The van der Waals surface area contributed by atoms with Crippen molar-refractivity contribution in [2.45, 2.75) is 18.6 Å². The van der Waals surface area contributed by atoms with Gasteiger partial charge in [0.1, 0.15) is 5.82 Å². The fourth-order valence-electron chi connectivity index (χ4n) is 1.52. The number of hydrogen-bond acceptors (Lipinski definition) is 2. The minimum atomic E-state index is -0.194. The third kappa shape index (κ3) is 6.47. The van der Waals surface area contributed by atoms with Crippen molar-refractivity contribution >= 4 is 17.7 Å². The van der Waals surface area contributed by atoms with E-state index in [0.29, 0.717) is 5.25 Å². The maximum atomic E-state index is 12.8. The van der Waals surface area contributed by atoms with Crippen LogP contribution in [0, 0.1) is 5.82 Å². The fraction of sp³-hybridized carbons (Fsp3) is 0.500. The maximum absolute atomic E-state index is 12.8. The van der Waals surface area contributed by atoms with Crippen molar-refractivity contribution in [1.29, 1.82) is 0 Å². The Kier molecular flexibility index (Phi) is 7.33. The lowest BCUT2D eigenvalue weighted by molar-refractivity contribution is 0.626. The monoisotopic (exact) mass is 283 g/mol. The van der Waals surface area contributed by atoms with Gasteiger partial charge in [0, 0.05) is 25.4 Å². The predicted octanol–water partition coefficient (Wildman–Crippen LogP) is 2.28. The molecule has 106 valence electrons. The number of aliphatic imine (C=N–C) groups is 1. The zero-order valence-electron chi connectivity index (χ0n) is 11.7. The van der Waals surface area contributed by atoms with Gasteiger partial charge in [-0.15, -0.1) is 0 Å². The largest absolute Gasteiger partial charge is 0.356 e. The SMILES string of the molecule is CN=C(NCCc1ccc(F)cc1)NCC(C)SC. The van der Waals surface area contributed by atoms with Crippen molar-refractivity contribution in [2.24, 2.45) is 4.99 Å². The highest BCUT2D eigenvalue weighted by molar-refractivity contribution is 7.99. The second-order valence-corrected chi connectivity index (χ2v) is 5.58. The Morgan fingerprint density at radius 1 is 1.32 bits per heavy atom. The van der Waals surface area contributed by atoms with Crippen molar-refractivity contribution in [1.82, 2.24) is 10.6 Å². The first-order valence-electron chi connectivity index (χ1n) is 6.37. The normalized spacial score (nSPS) is 13.2. The number of halogens is 1. The average molecular weight is 283 g/mol. The van der Waals surface area contributed by atoms with Crippen LogP contribution < -0.4 is 10.6 Å². The summed E-state index contributed by atoms with van der Waals surface area (Å²) in [6.45, 7) is 3.83. The lowest BCUT2D eigenvalue weighted by atomic mass is 10.1. The standard InChI is InChI=1S/C14H22FN3S/c1-11(19-3)10-18-14(16-2)17-9-8-12-4-6-13(15)7-5-12/h4-7,11H,8-10H2,1-3H3,(H2,16,17,18). The zero-order valence-corrected chi connectivity index (χ0v) is 12.6. The van der Waals surface area contributed by atoms with E-state index in [0.717, 1.165) is 31.0 Å². The first-order chi connectivity index (χ1) is 9.15. The zero-order chi connectivity index (χ0) is 14.1. The van der Waals surface area contributed by atoms with Gasteiger partial charge in [-0.2, -0.15) is 11.8 Å². The molecule has 1 aromatic carbocycles. The Hall–Kier alpha value is -1.23. The van der Waals surface area contributed by atoms with Gasteiger partial charge >= 0.3 is 0 Å². The van der Waals surface area contributed by atoms with Crippen LogP contribution in [0.3, 0.4) is 0 Å². The number of thioether (sulfide) groups is 1. The molecule has 0 radical (unpaired) electrons. The van der Waals surface area contributed by atoms with Crippen LogP contribution in [0.15, 0.2) is 29.3 Å². The summed E-state index contributed by atoms with van der Waals surface area (Å²) in [4.78, 5) is 4.16. The average Bonchev–Trinajstić information content (AvgIpc) is 2.44. The number of nitrogens with one attached hydrogen (secondary N) is 2. The lowest BCUT2D eigenvalue weighted by Crippen LogP contribution is -2.40. The molecule has 0 aliphatic rings. The van der Waals surface area contributed by atoms with Crippen LogP contribution in [0.25, 0.3) is 0 Å². The summed E-state index contributed by atoms with van der Waals surface area (Å²) in [5.74, 6) is 0.614. The van der Waals surface area contributed by atoms with Crippen LogP contribution in [0.2, 0.25) is 0 Å². The van der Waals surface area contributed by atoms with E-state index < -0.39 is 0 Å². The summed E-state index contributed by atoms with van der Waals surface area (Å²) < 4.78 is 12.8. The van der Waals surface area contributed by atoms with Crippen LogP contribution in [0.4, 0.5) is 4.39 Å². The summed E-state index contributed by atoms with van der Waals surface area (Å²) >= 11 is 1.82. The molecule has 1 aromatic rings. The summed E-state index contributed by atoms with van der Waals surface area (Å²) in [6, 6.07) is 6.59. The van der Waals surface area contributed by atoms with Crippen LogP contribution in [0.1, 0.15) is 12.5 Å². The molecule has 19 heavy (non-hydrogen) atoms. The Morgan fingerprint density at radius 2 is 2.00 bits per heavy atom. The summed E-state index contributed by atoms with van der Waals surface area (Å²) in [6.07, 6.45) is 2.94. The van der Waals surface area contributed by atoms with Crippen molar-refractivity contribution < 1.29 is 4.39 Å². The van der Waals surface area contributed by atoms with E-state index in [1.54, 1.807) is 7.05 Å². The molecule has 0 saturated heterocycles. The summed E-state index contributed by atoms with van der Waals surface area (Å²) in [5, 5.41) is 7.07. The highest BCUT2D eigenvalue weighted by Crippen LogP contribution is 2.03. The van der Waals surface area contributed by atoms with Crippen molar-refractivity contribution in [3.8, 4) is 0 Å². The van der Waals surface area contributed by atoms with Gasteiger partial charge in [-0.05, 0) is 30.4 Å². The van der Waals surface area contributed by atoms with E-state index in [1.165, 1.54) is 12.1 Å². The maximum Gasteiger partial charge on any atom is 0.191 e. The van der Waals surface area contributed by atoms with Crippen LogP contribution in [0.5, 0.6) is 0 Å². The number of benzene rings is 1. The number of nitrogens with zero attached hydrogens (tertiary/aromatic N) is 1. The van der Waals surface area contributed by atoms with Crippen LogP contribution in [-0.4, -0.2) is 37.6 Å². The first kappa shape index (κ1) is 15.8. The molecule has 0 amide bonds. The topological polar surface area (TPSA) is 36.4 Å². The van der Waals surface area contributed by atoms with Gasteiger partial charge in [-0.3, -0.25) is 4.99 Å². The van der Waals surface area contributed by atoms with Gasteiger partial charge in [0.2, 0.25) is 0 Å². The fourth-order valence-corrected chi connectivity index (χ4v) is 1.77. The Balaban J connectivity index is 2.28. The van der Waals surface area contributed by atoms with E-state index in [-0.39, 0.29) is 5.82 Å². The molecule has 2 N–H and O–H groups in total. The number of rotatable bonds is 6. The van der Waals surface area contributed by atoms with E-state index in [4.69, 9.17) is 0 Å². The second-order valence-electron chi connectivity index (χ2n) is 4.30. The minimum Gasteiger partial charge on any atom is -0.356 e. The molecule has 0 saturated carbocycles. The summed E-state index contributed by atoms with van der Waals surface area (Å²) in [5.41, 5.74) is 1.11. The molecule has 5 heteroatoms. The third-order valence-electron chi connectivity index (χ3n) is 2.80. The minimum absolute atomic E-state index is 0.194. The van der Waals surface area contributed by atoms with Gasteiger partial charge in [-0.25, -0.2) is 4.39 Å². The second kappa shape index (κ2) is 8.80. The van der Waals surface area contributed by atoms with Crippen molar-refractivity contribution in [3.63, 3.8) is 0 Å². The molecule has 0 heterocycles. The first-order valence-corrected chi connectivity index (χ1v) is 7.66. The molecular weight excluding hydrogens is 261 g/mol. The van der Waals surface area contributed by atoms with Gasteiger partial charge in [0.15, 0.2) is 5.96 Å². The lowest BCUT2D eigenvalue weighted by Gasteiger charge is -2.14. The van der Waals surface area contributed by atoms with Gasteiger partial charge in [-0.1, -0.05) is 19.1 Å². The van der Waals surface area contributed by atoms with Gasteiger partial charge in [0.25, 0.3) is 0 Å². The smallest absolute Gasteiger partial charge is 0.191 e. The Morgan fingerprint density at radius 3 is 2.58 bits per heavy atom. The number of hydrogen-bond donors (Lipinski definition) is 2. The van der Waals surface area contributed by atoms with Gasteiger partial charge < -0.3 is 10.6 Å². The summed E-state index contributed by atoms with van der Waals surface area (Å²) in [7, 11) is 1.76. The van der Waals surface area contributed by atoms with Crippen molar-refractivity contribution in [2.75, 3.05) is 26.4 Å². The molecule has 0 aliphatic heterocycles. The van der Waals surface area contributed by atoms with Crippen LogP contribution >= 0.6 is 11.8 Å². The molecule has 1 atom stereocenters. The van der Waals surface area contributed by atoms with Gasteiger partial charge in [0.05, 0.1) is 0 Å². The Bertz CT molecular complexity index is 392. The van der Waals surface area contributed by atoms with E-state index >= 15 is 0 Å². The Labute approximate surface area is 119 Å². The van der Waals surface area contributed by atoms with E-state index in [9.17, 15) is 4.39 Å². The third-order valence-corrected chi connectivity index (χ3v) is 3.77. The highest BCUT2D eigenvalue weighted by Gasteiger charge is 2.01. The molecular formula is C14H22FN3S. The molecule has 3 nitrogen and oxygen atoms in total. The molecule has 1 unspecified atom stereocenters. The molecule has 0 aliphatic carbocycles. The van der Waals surface area contributed by atoms with E-state index in [1.807, 2.05) is 23.9 Å². The molecule has 0 aromatic heterocycles. The number of guanidine groups is 1. The molecule has 1 rings (SSSR count). The van der Waals surface area contributed by atoms with E-state index in [2.05, 4.69) is 28.8 Å².